The number of rotatable bonds is 5. The molecule has 26 heavy (non-hydrogen) atoms. The summed E-state index contributed by atoms with van der Waals surface area (Å²) in [5, 5.41) is 10.3. The van der Waals surface area contributed by atoms with Crippen molar-refractivity contribution in [3.05, 3.63) is 34.5 Å². The van der Waals surface area contributed by atoms with Gasteiger partial charge in [0.1, 0.15) is 5.58 Å². The molecule has 3 rings (SSSR count). The highest BCUT2D eigenvalue weighted by molar-refractivity contribution is 6.31. The maximum Gasteiger partial charge on any atom is 0.317 e. The lowest BCUT2D eigenvalue weighted by atomic mass is 10.1. The molecule has 1 saturated heterocycles. The molecule has 1 amide bonds. The summed E-state index contributed by atoms with van der Waals surface area (Å²) in [6.45, 7) is 3.47. The van der Waals surface area contributed by atoms with Gasteiger partial charge in [0.05, 0.1) is 19.3 Å². The number of fused-ring (bicyclic) bond motifs is 1. The highest BCUT2D eigenvalue weighted by Gasteiger charge is 2.29. The fraction of sp³-hybridized carbons (Fsp3) is 0.444. The van der Waals surface area contributed by atoms with Gasteiger partial charge in [-0.3, -0.25) is 14.5 Å². The van der Waals surface area contributed by atoms with E-state index in [1.807, 2.05) is 6.92 Å². The summed E-state index contributed by atoms with van der Waals surface area (Å²) in [6, 6.07) is 5.27. The first-order valence-corrected chi connectivity index (χ1v) is 8.73. The Labute approximate surface area is 156 Å². The summed E-state index contributed by atoms with van der Waals surface area (Å²) >= 11 is 6.03. The van der Waals surface area contributed by atoms with Crippen molar-refractivity contribution in [1.82, 2.24) is 9.80 Å². The molecule has 140 valence electrons. The summed E-state index contributed by atoms with van der Waals surface area (Å²) in [4.78, 5) is 27.1. The Morgan fingerprint density at radius 1 is 1.42 bits per heavy atom. The number of carbonyl (C=O) groups is 2. The Kier molecular flexibility index (Phi) is 5.50. The molecule has 1 unspecified atom stereocenters. The third-order valence-electron chi connectivity index (χ3n) is 4.44. The van der Waals surface area contributed by atoms with Gasteiger partial charge < -0.3 is 19.2 Å². The van der Waals surface area contributed by atoms with Crippen LogP contribution in [0.15, 0.2) is 22.6 Å². The van der Waals surface area contributed by atoms with Gasteiger partial charge in [-0.25, -0.2) is 0 Å². The lowest BCUT2D eigenvalue weighted by Gasteiger charge is -2.34. The van der Waals surface area contributed by atoms with Crippen molar-refractivity contribution in [3.8, 4) is 0 Å². The average molecular weight is 381 g/mol. The van der Waals surface area contributed by atoms with E-state index in [1.165, 1.54) is 0 Å². The van der Waals surface area contributed by atoms with Crippen LogP contribution in [0.3, 0.4) is 0 Å². The van der Waals surface area contributed by atoms with Gasteiger partial charge in [-0.1, -0.05) is 11.6 Å². The van der Waals surface area contributed by atoms with Gasteiger partial charge in [0.25, 0.3) is 5.91 Å². The molecule has 8 heteroatoms. The fourth-order valence-corrected chi connectivity index (χ4v) is 3.37. The van der Waals surface area contributed by atoms with Crippen LogP contribution in [-0.2, 0) is 9.53 Å². The highest BCUT2D eigenvalue weighted by Crippen LogP contribution is 2.29. The molecule has 7 nitrogen and oxygen atoms in total. The number of carboxylic acid groups (broad SMARTS) is 1. The van der Waals surface area contributed by atoms with Crippen LogP contribution >= 0.6 is 11.6 Å². The van der Waals surface area contributed by atoms with E-state index in [-0.39, 0.29) is 18.6 Å². The van der Waals surface area contributed by atoms with Crippen molar-refractivity contribution in [2.24, 2.45) is 0 Å². The van der Waals surface area contributed by atoms with Crippen LogP contribution < -0.4 is 0 Å². The monoisotopic (exact) mass is 380 g/mol. The number of halogens is 1. The van der Waals surface area contributed by atoms with Crippen LogP contribution in [0, 0.1) is 6.92 Å². The maximum atomic E-state index is 12.9. The van der Waals surface area contributed by atoms with E-state index in [2.05, 4.69) is 0 Å². The minimum Gasteiger partial charge on any atom is -0.480 e. The number of benzene rings is 1. The number of morpholine rings is 1. The zero-order chi connectivity index (χ0) is 18.8. The second-order valence-corrected chi connectivity index (χ2v) is 6.97. The van der Waals surface area contributed by atoms with Crippen LogP contribution in [0.4, 0.5) is 0 Å². The van der Waals surface area contributed by atoms with Crippen molar-refractivity contribution in [2.45, 2.75) is 13.0 Å². The van der Waals surface area contributed by atoms with Gasteiger partial charge in [0, 0.05) is 35.6 Å². The third-order valence-corrected chi connectivity index (χ3v) is 4.67. The first kappa shape index (κ1) is 18.7. The predicted molar refractivity (Wildman–Crippen MR) is 96.7 cm³/mol. The molecule has 1 N–H and O–H groups in total. The van der Waals surface area contributed by atoms with E-state index in [1.54, 1.807) is 35.0 Å². The Morgan fingerprint density at radius 2 is 2.19 bits per heavy atom. The number of aryl methyl sites for hydroxylation is 1. The number of carbonyl (C=O) groups excluding carboxylic acids is 1. The summed E-state index contributed by atoms with van der Waals surface area (Å²) in [7, 11) is 1.71. The number of carboxylic acids is 1. The summed E-state index contributed by atoms with van der Waals surface area (Å²) < 4.78 is 11.4. The van der Waals surface area contributed by atoms with Crippen LogP contribution in [0.1, 0.15) is 16.1 Å². The summed E-state index contributed by atoms with van der Waals surface area (Å²) in [6.07, 6.45) is -0.240. The number of ether oxygens (including phenoxy) is 1. The molecule has 0 saturated carbocycles. The first-order chi connectivity index (χ1) is 12.3. The molecule has 0 aliphatic carbocycles. The van der Waals surface area contributed by atoms with Gasteiger partial charge in [0.2, 0.25) is 0 Å². The second-order valence-electron chi connectivity index (χ2n) is 6.53. The molecule has 0 spiro atoms. The quantitative estimate of drug-likeness (QED) is 0.856. The molecular formula is C18H21ClN2O5. The first-order valence-electron chi connectivity index (χ1n) is 8.35. The number of likely N-dealkylation sites (N-methyl/N-ethyl adjacent to an activating group) is 1. The minimum absolute atomic E-state index is 0.0722. The zero-order valence-electron chi connectivity index (χ0n) is 14.7. The van der Waals surface area contributed by atoms with Crippen LogP contribution in [0.25, 0.3) is 11.0 Å². The van der Waals surface area contributed by atoms with Crippen molar-refractivity contribution < 1.29 is 23.8 Å². The van der Waals surface area contributed by atoms with Gasteiger partial charge in [-0.15, -0.1) is 0 Å². The topological polar surface area (TPSA) is 83.2 Å². The lowest BCUT2D eigenvalue weighted by molar-refractivity contribution is -0.138. The second kappa shape index (κ2) is 7.65. The smallest absolute Gasteiger partial charge is 0.317 e. The predicted octanol–water partition coefficient (Wildman–Crippen LogP) is 2.25. The molecule has 2 heterocycles. The Balaban J connectivity index is 1.73. The van der Waals surface area contributed by atoms with E-state index in [0.29, 0.717) is 42.6 Å². The van der Waals surface area contributed by atoms with Gasteiger partial charge in [-0.2, -0.15) is 0 Å². The number of furan rings is 1. The third kappa shape index (κ3) is 4.00. The molecule has 1 atom stereocenters. The summed E-state index contributed by atoms with van der Waals surface area (Å²) in [5.41, 5.74) is 1.39. The maximum absolute atomic E-state index is 12.9. The van der Waals surface area contributed by atoms with E-state index < -0.39 is 5.97 Å². The van der Waals surface area contributed by atoms with E-state index >= 15 is 0 Å². The number of amides is 1. The molecule has 1 aromatic heterocycles. The molecule has 0 bridgehead atoms. The fourth-order valence-electron chi connectivity index (χ4n) is 3.20. The normalized spacial score (nSPS) is 17.8. The van der Waals surface area contributed by atoms with Crippen LogP contribution in [0.2, 0.25) is 5.02 Å². The SMILES string of the molecule is Cc1c(C(=O)N2CCOC(CN(C)CC(=O)O)C2)oc2ccc(Cl)cc12. The molecule has 1 aliphatic rings. The minimum atomic E-state index is -0.896. The lowest BCUT2D eigenvalue weighted by Crippen LogP contribution is -2.49. The average Bonchev–Trinajstić information content (AvgIpc) is 2.90. The number of hydrogen-bond acceptors (Lipinski definition) is 5. The van der Waals surface area contributed by atoms with E-state index in [9.17, 15) is 9.59 Å². The van der Waals surface area contributed by atoms with Crippen molar-refractivity contribution in [3.63, 3.8) is 0 Å². The standard InChI is InChI=1S/C18H21ClN2O5/c1-11-14-7-12(19)3-4-15(14)26-17(11)18(24)21-5-6-25-13(9-21)8-20(2)10-16(22)23/h3-4,7,13H,5-6,8-10H2,1-2H3,(H,22,23). The van der Waals surface area contributed by atoms with Gasteiger partial charge in [0.15, 0.2) is 5.76 Å². The Morgan fingerprint density at radius 3 is 2.92 bits per heavy atom. The molecule has 1 aromatic carbocycles. The molecule has 1 fully saturated rings. The number of aliphatic carboxylic acids is 1. The van der Waals surface area contributed by atoms with Crippen molar-refractivity contribution in [2.75, 3.05) is 39.8 Å². The van der Waals surface area contributed by atoms with Crippen molar-refractivity contribution in [1.29, 1.82) is 0 Å². The van der Waals surface area contributed by atoms with Crippen LogP contribution in [-0.4, -0.2) is 72.7 Å². The summed E-state index contributed by atoms with van der Waals surface area (Å²) in [5.74, 6) is -0.779. The molecule has 1 aliphatic heterocycles. The number of hydrogen-bond donors (Lipinski definition) is 1. The van der Waals surface area contributed by atoms with E-state index in [4.69, 9.17) is 25.9 Å². The van der Waals surface area contributed by atoms with E-state index in [0.717, 1.165) is 10.9 Å². The van der Waals surface area contributed by atoms with Crippen molar-refractivity contribution >= 4 is 34.4 Å². The Hall–Kier alpha value is -2.09. The zero-order valence-corrected chi connectivity index (χ0v) is 15.5. The molecular weight excluding hydrogens is 360 g/mol. The van der Waals surface area contributed by atoms with Crippen LogP contribution in [0.5, 0.6) is 0 Å². The molecule has 0 radical (unpaired) electrons. The van der Waals surface area contributed by atoms with Gasteiger partial charge in [-0.05, 0) is 32.2 Å². The molecule has 2 aromatic rings. The number of nitrogens with zero attached hydrogens (tertiary/aromatic N) is 2. The highest BCUT2D eigenvalue weighted by atomic mass is 35.5. The Bertz CT molecular complexity index is 834. The largest absolute Gasteiger partial charge is 0.480 e. The van der Waals surface area contributed by atoms with Gasteiger partial charge >= 0.3 is 5.97 Å².